The Morgan fingerprint density at radius 1 is 1.30 bits per heavy atom. The Bertz CT molecular complexity index is 972. The lowest BCUT2D eigenvalue weighted by Crippen LogP contribution is -2.79. The Labute approximate surface area is 178 Å². The number of carbonyl (C=O) groups is 1. The third kappa shape index (κ3) is 1.79. The van der Waals surface area contributed by atoms with E-state index in [9.17, 15) is 4.79 Å². The molecule has 1 aromatic carbocycles. The SMILES string of the molecule is CCCC(=O)[C@@H]1C[C@@]23C=C[C@@]1(OC)[C@@H]1Oc4c(OC)ccc5c4[C@@]12CCN(C)[C@@H]3C5. The van der Waals surface area contributed by atoms with Crippen molar-refractivity contribution in [2.45, 2.75) is 62.2 Å². The Kier molecular flexibility index (Phi) is 3.71. The molecule has 1 aromatic rings. The Morgan fingerprint density at radius 3 is 2.87 bits per heavy atom. The van der Waals surface area contributed by atoms with Crippen molar-refractivity contribution in [1.82, 2.24) is 4.90 Å². The average molecular weight is 410 g/mol. The number of carbonyl (C=O) groups excluding carboxylic acids is 1. The van der Waals surface area contributed by atoms with Crippen molar-refractivity contribution >= 4 is 5.78 Å². The molecule has 6 aliphatic rings. The third-order valence-electron chi connectivity index (χ3n) is 9.16. The van der Waals surface area contributed by atoms with Crippen LogP contribution in [0, 0.1) is 11.3 Å². The van der Waals surface area contributed by atoms with E-state index in [1.54, 1.807) is 14.2 Å². The van der Waals surface area contributed by atoms with E-state index in [2.05, 4.69) is 37.1 Å². The van der Waals surface area contributed by atoms with E-state index >= 15 is 0 Å². The number of Topliss-reactive ketones (excluding diaryl/α,β-unsaturated/α-hetero) is 1. The van der Waals surface area contributed by atoms with Gasteiger partial charge in [0, 0.05) is 30.6 Å². The highest BCUT2D eigenvalue weighted by Gasteiger charge is 2.79. The number of benzene rings is 1. The van der Waals surface area contributed by atoms with Gasteiger partial charge in [0.2, 0.25) is 0 Å². The van der Waals surface area contributed by atoms with Crippen LogP contribution in [0.4, 0.5) is 0 Å². The average Bonchev–Trinajstić information content (AvgIpc) is 3.13. The second-order valence-corrected chi connectivity index (χ2v) is 9.96. The fourth-order valence-corrected chi connectivity index (χ4v) is 7.99. The zero-order valence-corrected chi connectivity index (χ0v) is 18.4. The summed E-state index contributed by atoms with van der Waals surface area (Å²) in [6.45, 7) is 3.11. The minimum Gasteiger partial charge on any atom is -0.493 e. The normalized spacial score (nSPS) is 42.1. The van der Waals surface area contributed by atoms with Crippen LogP contribution in [0.3, 0.4) is 0 Å². The largest absolute Gasteiger partial charge is 0.493 e. The Balaban J connectivity index is 1.65. The van der Waals surface area contributed by atoms with Gasteiger partial charge in [-0.2, -0.15) is 0 Å². The molecule has 2 heterocycles. The molecule has 0 N–H and O–H groups in total. The lowest BCUT2D eigenvalue weighted by atomic mass is 9.37. The van der Waals surface area contributed by atoms with Crippen molar-refractivity contribution in [2.75, 3.05) is 27.8 Å². The predicted molar refractivity (Wildman–Crippen MR) is 113 cm³/mol. The summed E-state index contributed by atoms with van der Waals surface area (Å²) in [5, 5.41) is 0. The highest BCUT2D eigenvalue weighted by atomic mass is 16.6. The number of hydrogen-bond acceptors (Lipinski definition) is 5. The van der Waals surface area contributed by atoms with Crippen LogP contribution in [0.25, 0.3) is 0 Å². The number of nitrogens with zero attached hydrogens (tertiary/aromatic N) is 1. The maximum absolute atomic E-state index is 13.4. The smallest absolute Gasteiger partial charge is 0.166 e. The summed E-state index contributed by atoms with van der Waals surface area (Å²) in [4.78, 5) is 15.9. The summed E-state index contributed by atoms with van der Waals surface area (Å²) in [5.41, 5.74) is 1.73. The summed E-state index contributed by atoms with van der Waals surface area (Å²) in [6, 6.07) is 4.65. The molecule has 0 amide bonds. The summed E-state index contributed by atoms with van der Waals surface area (Å²) in [6.07, 6.45) is 8.74. The molecule has 0 radical (unpaired) electrons. The number of hydrogen-bond donors (Lipinski definition) is 0. The van der Waals surface area contributed by atoms with Gasteiger partial charge in [-0.3, -0.25) is 4.79 Å². The molecule has 30 heavy (non-hydrogen) atoms. The molecule has 1 saturated heterocycles. The van der Waals surface area contributed by atoms with E-state index in [0.29, 0.717) is 18.2 Å². The fraction of sp³-hybridized carbons (Fsp3) is 0.640. The molecular formula is C25H31NO4. The molecule has 2 fully saturated rings. The molecule has 4 bridgehead atoms. The predicted octanol–water partition coefficient (Wildman–Crippen LogP) is 3.28. The highest BCUT2D eigenvalue weighted by molar-refractivity contribution is 5.84. The van der Waals surface area contributed by atoms with Crippen LogP contribution in [-0.2, 0) is 21.4 Å². The molecule has 0 aromatic heterocycles. The van der Waals surface area contributed by atoms with Crippen molar-refractivity contribution in [1.29, 1.82) is 0 Å². The number of fused-ring (bicyclic) bond motifs is 1. The van der Waals surface area contributed by atoms with Gasteiger partial charge in [0.05, 0.1) is 18.4 Å². The molecular weight excluding hydrogens is 378 g/mol. The van der Waals surface area contributed by atoms with Gasteiger partial charge in [-0.25, -0.2) is 0 Å². The Hall–Kier alpha value is -1.85. The van der Waals surface area contributed by atoms with Crippen LogP contribution in [0.2, 0.25) is 0 Å². The first kappa shape index (κ1) is 18.9. The minimum absolute atomic E-state index is 0.108. The van der Waals surface area contributed by atoms with Gasteiger partial charge in [-0.15, -0.1) is 0 Å². The van der Waals surface area contributed by atoms with Crippen LogP contribution in [0.15, 0.2) is 24.3 Å². The molecule has 160 valence electrons. The zero-order chi connectivity index (χ0) is 20.9. The first-order valence-corrected chi connectivity index (χ1v) is 11.3. The van der Waals surface area contributed by atoms with Crippen molar-refractivity contribution in [3.8, 4) is 11.5 Å². The third-order valence-corrected chi connectivity index (χ3v) is 9.16. The maximum Gasteiger partial charge on any atom is 0.166 e. The quantitative estimate of drug-likeness (QED) is 0.699. The second-order valence-electron chi connectivity index (χ2n) is 9.96. The lowest BCUT2D eigenvalue weighted by molar-refractivity contribution is -0.213. The number of methoxy groups -OCH3 is 2. The van der Waals surface area contributed by atoms with E-state index in [4.69, 9.17) is 14.2 Å². The molecule has 7 rings (SSSR count). The summed E-state index contributed by atoms with van der Waals surface area (Å²) in [5.74, 6) is 1.84. The molecule has 1 saturated carbocycles. The number of piperidine rings is 1. The molecule has 6 atom stereocenters. The van der Waals surface area contributed by atoms with Gasteiger partial charge in [0.25, 0.3) is 0 Å². The lowest BCUT2D eigenvalue weighted by Gasteiger charge is -2.70. The van der Waals surface area contributed by atoms with Gasteiger partial charge in [0.1, 0.15) is 17.5 Å². The van der Waals surface area contributed by atoms with Crippen molar-refractivity contribution < 1.29 is 19.0 Å². The fourth-order valence-electron chi connectivity index (χ4n) is 7.99. The van der Waals surface area contributed by atoms with Crippen LogP contribution in [0.5, 0.6) is 11.5 Å². The van der Waals surface area contributed by atoms with Gasteiger partial charge in [-0.1, -0.05) is 25.1 Å². The van der Waals surface area contributed by atoms with E-state index in [-0.39, 0.29) is 22.9 Å². The number of ketones is 1. The van der Waals surface area contributed by atoms with Crippen molar-refractivity contribution in [3.05, 3.63) is 35.4 Å². The van der Waals surface area contributed by atoms with E-state index in [0.717, 1.165) is 43.7 Å². The van der Waals surface area contributed by atoms with Crippen LogP contribution in [0.1, 0.15) is 43.7 Å². The molecule has 5 nitrogen and oxygen atoms in total. The second kappa shape index (κ2) is 5.89. The molecule has 0 unspecified atom stereocenters. The summed E-state index contributed by atoms with van der Waals surface area (Å²) in [7, 11) is 5.71. The topological polar surface area (TPSA) is 48.0 Å². The Morgan fingerprint density at radius 2 is 2.13 bits per heavy atom. The molecule has 2 spiro atoms. The highest BCUT2D eigenvalue weighted by Crippen LogP contribution is 2.74. The van der Waals surface area contributed by atoms with E-state index in [1.165, 1.54) is 11.1 Å². The maximum atomic E-state index is 13.4. The van der Waals surface area contributed by atoms with Crippen LogP contribution in [-0.4, -0.2) is 56.2 Å². The van der Waals surface area contributed by atoms with Gasteiger partial charge < -0.3 is 19.1 Å². The van der Waals surface area contributed by atoms with E-state index < -0.39 is 5.60 Å². The first-order chi connectivity index (χ1) is 14.5. The number of ether oxygens (including phenoxy) is 3. The monoisotopic (exact) mass is 409 g/mol. The van der Waals surface area contributed by atoms with Crippen LogP contribution >= 0.6 is 0 Å². The summed E-state index contributed by atoms with van der Waals surface area (Å²) >= 11 is 0. The van der Waals surface area contributed by atoms with Crippen molar-refractivity contribution in [3.63, 3.8) is 0 Å². The molecule has 2 aliphatic heterocycles. The van der Waals surface area contributed by atoms with Gasteiger partial charge >= 0.3 is 0 Å². The molecule has 4 aliphatic carbocycles. The number of rotatable bonds is 5. The van der Waals surface area contributed by atoms with Crippen LogP contribution < -0.4 is 9.47 Å². The number of likely N-dealkylation sites (tertiary alicyclic amines) is 1. The first-order valence-electron chi connectivity index (χ1n) is 11.3. The van der Waals surface area contributed by atoms with Crippen molar-refractivity contribution in [2.24, 2.45) is 11.3 Å². The zero-order valence-electron chi connectivity index (χ0n) is 18.4. The standard InChI is InChI=1S/C25H31NO4/c1-5-6-17(27)16-14-23-9-10-25(16,29-4)22-24(23)11-12-26(2)19(23)13-15-7-8-18(28-3)21(30-22)20(15)24/h7-10,16,19,22H,5-6,11-14H2,1-4H3/t16-,19+,22+,23+,24-,25-/m0/s1. The molecule has 5 heteroatoms. The van der Waals surface area contributed by atoms with Gasteiger partial charge in [0.15, 0.2) is 11.5 Å². The van der Waals surface area contributed by atoms with E-state index in [1.807, 2.05) is 6.07 Å². The van der Waals surface area contributed by atoms with Gasteiger partial charge in [-0.05, 0) is 50.9 Å². The minimum atomic E-state index is -0.715. The summed E-state index contributed by atoms with van der Waals surface area (Å²) < 4.78 is 18.9. The number of likely N-dealkylation sites (N-methyl/N-ethyl adjacent to an activating group) is 1.